The molecule has 3 saturated heterocycles. The smallest absolute Gasteiger partial charge is 0.220 e. The molecule has 17 atom stereocenters. The van der Waals surface area contributed by atoms with E-state index in [4.69, 9.17) is 28.4 Å². The fourth-order valence-corrected chi connectivity index (χ4v) is 14.5. The molecule has 0 aromatic carbocycles. The molecule has 17 unspecified atom stereocenters. The predicted molar refractivity (Wildman–Crippen MR) is 402 cm³/mol. The fraction of sp³-hybridized carbons (Fsp3) is 0.939. The first-order chi connectivity index (χ1) is 49.3. The van der Waals surface area contributed by atoms with Crippen molar-refractivity contribution in [3.05, 3.63) is 24.3 Å². The third kappa shape index (κ3) is 43.2. The van der Waals surface area contributed by atoms with E-state index in [9.17, 15) is 61.0 Å². The van der Waals surface area contributed by atoms with Crippen LogP contribution in [0.3, 0.4) is 0 Å². The summed E-state index contributed by atoms with van der Waals surface area (Å²) in [5, 5.41) is 121. The minimum atomic E-state index is -1.97. The van der Waals surface area contributed by atoms with Crippen LogP contribution in [-0.4, -0.2) is 193 Å². The summed E-state index contributed by atoms with van der Waals surface area (Å²) in [6, 6.07) is -0.887. The van der Waals surface area contributed by atoms with Crippen LogP contribution in [-0.2, 0) is 33.2 Å². The molecule has 3 rings (SSSR count). The van der Waals surface area contributed by atoms with Gasteiger partial charge in [-0.3, -0.25) is 4.79 Å². The molecule has 0 radical (unpaired) electrons. The first kappa shape index (κ1) is 93.5. The summed E-state index contributed by atoms with van der Waals surface area (Å²) in [6.07, 6.45) is 49.8. The highest BCUT2D eigenvalue weighted by molar-refractivity contribution is 5.76. The van der Waals surface area contributed by atoms with Gasteiger partial charge >= 0.3 is 0 Å². The first-order valence-corrected chi connectivity index (χ1v) is 42.1. The Balaban J connectivity index is 1.35. The lowest BCUT2D eigenvalue weighted by molar-refractivity contribution is -0.379. The fourth-order valence-electron chi connectivity index (χ4n) is 14.5. The number of hydrogen-bond donors (Lipinski definition) is 12. The molecule has 3 fully saturated rings. The normalized spacial score (nSPS) is 26.4. The minimum absolute atomic E-state index is 0.235. The molecule has 0 aromatic heterocycles. The van der Waals surface area contributed by atoms with Gasteiger partial charge in [0.15, 0.2) is 18.9 Å². The van der Waals surface area contributed by atoms with Crippen molar-refractivity contribution in [3.8, 4) is 0 Å². The number of amides is 1. The predicted octanol–water partition coefficient (Wildman–Crippen LogP) is 14.5. The number of ether oxygens (including phenoxy) is 6. The molecule has 1 amide bonds. The van der Waals surface area contributed by atoms with Crippen molar-refractivity contribution in [3.63, 3.8) is 0 Å². The average molecular weight is 1440 g/mol. The maximum absolute atomic E-state index is 13.5. The van der Waals surface area contributed by atoms with E-state index in [0.29, 0.717) is 12.8 Å². The molecule has 19 nitrogen and oxygen atoms in total. The van der Waals surface area contributed by atoms with Crippen molar-refractivity contribution < 1.29 is 89.4 Å². The zero-order valence-electron chi connectivity index (χ0n) is 63.9. The maximum Gasteiger partial charge on any atom is 0.220 e. The molecule has 3 aliphatic rings. The van der Waals surface area contributed by atoms with Crippen molar-refractivity contribution in [2.45, 2.75) is 465 Å². The van der Waals surface area contributed by atoms with Gasteiger partial charge in [-0.05, 0) is 44.9 Å². The second kappa shape index (κ2) is 63.2. The van der Waals surface area contributed by atoms with Crippen molar-refractivity contribution >= 4 is 5.91 Å². The third-order valence-electron chi connectivity index (χ3n) is 21.3. The van der Waals surface area contributed by atoms with Crippen LogP contribution in [0.25, 0.3) is 0 Å². The van der Waals surface area contributed by atoms with Crippen LogP contribution < -0.4 is 5.32 Å². The van der Waals surface area contributed by atoms with Crippen LogP contribution in [0, 0.1) is 0 Å². The van der Waals surface area contributed by atoms with Crippen molar-refractivity contribution in [2.24, 2.45) is 0 Å². The van der Waals surface area contributed by atoms with Gasteiger partial charge in [-0.2, -0.15) is 0 Å². The summed E-state index contributed by atoms with van der Waals surface area (Å²) in [4.78, 5) is 13.5. The first-order valence-electron chi connectivity index (χ1n) is 42.1. The highest BCUT2D eigenvalue weighted by Gasteiger charge is 2.54. The van der Waals surface area contributed by atoms with Gasteiger partial charge in [-0.1, -0.05) is 334 Å². The Morgan fingerprint density at radius 1 is 0.356 bits per heavy atom. The molecule has 0 bridgehead atoms. The minimum Gasteiger partial charge on any atom is -0.394 e. The number of carbonyl (C=O) groups is 1. The van der Waals surface area contributed by atoms with Gasteiger partial charge in [0.2, 0.25) is 5.91 Å². The molecular formula is C82H155NO18. The van der Waals surface area contributed by atoms with E-state index in [1.807, 2.05) is 0 Å². The van der Waals surface area contributed by atoms with Crippen molar-refractivity contribution in [2.75, 3.05) is 26.4 Å². The summed E-state index contributed by atoms with van der Waals surface area (Å²) in [5.74, 6) is -0.235. The van der Waals surface area contributed by atoms with E-state index in [-0.39, 0.29) is 18.9 Å². The Bertz CT molecular complexity index is 1920. The van der Waals surface area contributed by atoms with E-state index in [0.717, 1.165) is 51.4 Å². The van der Waals surface area contributed by atoms with Crippen LogP contribution in [0.1, 0.15) is 361 Å². The molecule has 3 aliphatic heterocycles. The molecule has 0 aliphatic carbocycles. The largest absolute Gasteiger partial charge is 0.394 e. The second-order valence-electron chi connectivity index (χ2n) is 30.3. The Kier molecular flexibility index (Phi) is 58.5. The molecule has 0 aromatic rings. The van der Waals surface area contributed by atoms with Gasteiger partial charge in [-0.25, -0.2) is 0 Å². The monoisotopic (exact) mass is 1440 g/mol. The summed E-state index contributed by atoms with van der Waals surface area (Å²) >= 11 is 0. The molecule has 0 spiro atoms. The highest BCUT2D eigenvalue weighted by Crippen LogP contribution is 2.33. The van der Waals surface area contributed by atoms with E-state index in [1.165, 1.54) is 276 Å². The zero-order chi connectivity index (χ0) is 73.2. The number of nitrogens with one attached hydrogen (secondary N) is 1. The van der Waals surface area contributed by atoms with Crippen molar-refractivity contribution in [1.82, 2.24) is 5.32 Å². The number of aliphatic hydroxyl groups excluding tert-OH is 11. The summed E-state index contributed by atoms with van der Waals surface area (Å²) in [5.41, 5.74) is 0. The van der Waals surface area contributed by atoms with Gasteiger partial charge in [-0.15, -0.1) is 0 Å². The molecule has 12 N–H and O–H groups in total. The van der Waals surface area contributed by atoms with E-state index >= 15 is 0 Å². The van der Waals surface area contributed by atoms with Crippen LogP contribution in [0.4, 0.5) is 0 Å². The van der Waals surface area contributed by atoms with Gasteiger partial charge in [0.1, 0.15) is 73.2 Å². The topological polar surface area (TPSA) is 307 Å². The van der Waals surface area contributed by atoms with Gasteiger partial charge < -0.3 is 89.9 Å². The summed E-state index contributed by atoms with van der Waals surface area (Å²) < 4.78 is 34.6. The number of carbonyl (C=O) groups excluding carboxylic acids is 1. The number of unbranched alkanes of at least 4 members (excludes halogenated alkanes) is 48. The molecule has 101 heavy (non-hydrogen) atoms. The van der Waals surface area contributed by atoms with Gasteiger partial charge in [0.05, 0.1) is 38.6 Å². The van der Waals surface area contributed by atoms with Crippen LogP contribution in [0.2, 0.25) is 0 Å². The average Bonchev–Trinajstić information content (AvgIpc) is 0.796. The van der Waals surface area contributed by atoms with Crippen LogP contribution in [0.15, 0.2) is 24.3 Å². The molecule has 0 saturated carbocycles. The zero-order valence-corrected chi connectivity index (χ0v) is 63.9. The molecule has 596 valence electrons. The molecular weight excluding hydrogens is 1290 g/mol. The number of allylic oxidation sites excluding steroid dienone is 4. The maximum atomic E-state index is 13.5. The lowest BCUT2D eigenvalue weighted by Gasteiger charge is -2.48. The van der Waals surface area contributed by atoms with Gasteiger partial charge in [0.25, 0.3) is 0 Å². The Hall–Kier alpha value is -1.73. The highest BCUT2D eigenvalue weighted by atomic mass is 16.8. The SMILES string of the molecule is CCCCCCC/C=C\C/C=C\CCCCCCCCCCCCCCCCCCCC(=O)NC(COC1OC(CO)C(OC2OC(CO)C(OC3OC(CO)C(O)C(O)C3O)C(O)C2O)C(O)C1O)C(O)CCCCCCCCCCCCCCCCCCCCCCCCCCCCC. The second-order valence-corrected chi connectivity index (χ2v) is 30.3. The van der Waals surface area contributed by atoms with E-state index in [2.05, 4.69) is 43.5 Å². The Morgan fingerprint density at radius 3 is 1.01 bits per heavy atom. The van der Waals surface area contributed by atoms with Gasteiger partial charge in [0, 0.05) is 6.42 Å². The van der Waals surface area contributed by atoms with Crippen LogP contribution in [0.5, 0.6) is 0 Å². The van der Waals surface area contributed by atoms with Crippen molar-refractivity contribution in [1.29, 1.82) is 0 Å². The molecule has 19 heteroatoms. The van der Waals surface area contributed by atoms with E-state index < -0.39 is 124 Å². The van der Waals surface area contributed by atoms with E-state index in [1.54, 1.807) is 0 Å². The Labute approximate surface area is 613 Å². The summed E-state index contributed by atoms with van der Waals surface area (Å²) in [7, 11) is 0. The number of rotatable bonds is 68. The standard InChI is InChI=1S/C82H155NO18/c1-3-5-7-9-11-13-15-17-19-21-23-25-27-29-31-32-34-36-38-40-42-44-46-48-50-52-54-56-58-60-70(88)83-65(66(87)59-57-55-53-51-49-47-45-43-41-39-37-35-33-30-28-26-24-22-20-18-16-14-12-10-8-6-4-2)64-96-80-76(94)73(91)78(68(62-85)98-80)101-82-77(95)74(92)79(69(63-86)99-82)100-81-75(93)72(90)71(89)67(61-84)97-81/h15,17,21,23,65-69,71-82,84-87,89-95H,3-14,16,18-20,22,24-64H2,1-2H3,(H,83,88)/b17-15-,23-21-. The Morgan fingerprint density at radius 2 is 0.653 bits per heavy atom. The lowest BCUT2D eigenvalue weighted by atomic mass is 9.96. The molecule has 3 heterocycles. The quantitative estimate of drug-likeness (QED) is 0.0199. The third-order valence-corrected chi connectivity index (χ3v) is 21.3. The van der Waals surface area contributed by atoms with Crippen LogP contribution >= 0.6 is 0 Å². The number of hydrogen-bond acceptors (Lipinski definition) is 18. The lowest BCUT2D eigenvalue weighted by Crippen LogP contribution is -2.66. The summed E-state index contributed by atoms with van der Waals surface area (Å²) in [6.45, 7) is 1.86. The number of aliphatic hydroxyl groups is 11.